The number of aliphatic hydroxyl groups is 1. The highest BCUT2D eigenvalue weighted by Gasteiger charge is 2.42. The molecule has 0 amide bonds. The molecule has 0 aromatic heterocycles. The maximum Gasteiger partial charge on any atom is 0.313 e. The lowest BCUT2D eigenvalue weighted by Crippen LogP contribution is -2.25. The van der Waals surface area contributed by atoms with Crippen molar-refractivity contribution >= 4 is 5.97 Å². The molecular weight excluding hydrogens is 144 g/mol. The average molecular weight is 156 g/mol. The summed E-state index contributed by atoms with van der Waals surface area (Å²) in [5, 5.41) is 17.9. The Morgan fingerprint density at radius 1 is 1.73 bits per heavy atom. The molecule has 2 N–H and O–H groups in total. The molecule has 1 fully saturated rings. The maximum absolute atomic E-state index is 10.7. The van der Waals surface area contributed by atoms with Crippen molar-refractivity contribution in [2.75, 3.05) is 0 Å². The SMILES string of the molecule is C=CC1(C(=O)O)CCC(O)C1. The normalized spacial score (nSPS) is 37.0. The lowest BCUT2D eigenvalue weighted by atomic mass is 9.87. The number of carboxylic acids is 1. The molecule has 62 valence electrons. The van der Waals surface area contributed by atoms with Crippen LogP contribution >= 0.6 is 0 Å². The first-order valence-electron chi connectivity index (χ1n) is 3.66. The second-order valence-corrected chi connectivity index (χ2v) is 3.06. The molecule has 0 aliphatic heterocycles. The van der Waals surface area contributed by atoms with Crippen molar-refractivity contribution in [3.8, 4) is 0 Å². The molecule has 11 heavy (non-hydrogen) atoms. The van der Waals surface area contributed by atoms with Gasteiger partial charge in [0.05, 0.1) is 11.5 Å². The van der Waals surface area contributed by atoms with Gasteiger partial charge in [0.15, 0.2) is 0 Å². The fraction of sp³-hybridized carbons (Fsp3) is 0.625. The summed E-state index contributed by atoms with van der Waals surface area (Å²) in [6, 6.07) is 0. The van der Waals surface area contributed by atoms with E-state index >= 15 is 0 Å². The topological polar surface area (TPSA) is 57.5 Å². The zero-order chi connectivity index (χ0) is 8.48. The first-order chi connectivity index (χ1) is 5.10. The summed E-state index contributed by atoms with van der Waals surface area (Å²) in [6.07, 6.45) is 2.35. The van der Waals surface area contributed by atoms with Gasteiger partial charge < -0.3 is 10.2 Å². The smallest absolute Gasteiger partial charge is 0.313 e. The summed E-state index contributed by atoms with van der Waals surface area (Å²) in [5.74, 6) is -0.871. The van der Waals surface area contributed by atoms with Crippen molar-refractivity contribution < 1.29 is 15.0 Å². The minimum absolute atomic E-state index is 0.311. The van der Waals surface area contributed by atoms with Crippen molar-refractivity contribution in [1.29, 1.82) is 0 Å². The summed E-state index contributed by atoms with van der Waals surface area (Å²) in [4.78, 5) is 10.7. The van der Waals surface area contributed by atoms with Crippen molar-refractivity contribution in [3.05, 3.63) is 12.7 Å². The molecule has 3 heteroatoms. The second kappa shape index (κ2) is 2.66. The molecule has 0 spiro atoms. The minimum atomic E-state index is -0.871. The van der Waals surface area contributed by atoms with Crippen LogP contribution in [0, 0.1) is 5.41 Å². The van der Waals surface area contributed by atoms with Crippen LogP contribution in [0.25, 0.3) is 0 Å². The second-order valence-electron chi connectivity index (χ2n) is 3.06. The summed E-state index contributed by atoms with van der Waals surface area (Å²) in [7, 11) is 0. The number of hydrogen-bond acceptors (Lipinski definition) is 2. The predicted octanol–water partition coefficient (Wildman–Crippen LogP) is 0.788. The van der Waals surface area contributed by atoms with Gasteiger partial charge in [-0.05, 0) is 19.3 Å². The Morgan fingerprint density at radius 2 is 2.36 bits per heavy atom. The van der Waals surface area contributed by atoms with E-state index in [0.29, 0.717) is 19.3 Å². The van der Waals surface area contributed by atoms with Gasteiger partial charge in [-0.2, -0.15) is 0 Å². The quantitative estimate of drug-likeness (QED) is 0.581. The van der Waals surface area contributed by atoms with Gasteiger partial charge in [0.25, 0.3) is 0 Å². The van der Waals surface area contributed by atoms with E-state index in [2.05, 4.69) is 6.58 Å². The van der Waals surface area contributed by atoms with Crippen LogP contribution < -0.4 is 0 Å². The number of rotatable bonds is 2. The van der Waals surface area contributed by atoms with E-state index in [9.17, 15) is 4.79 Å². The molecule has 0 aromatic rings. The molecule has 0 aromatic carbocycles. The zero-order valence-corrected chi connectivity index (χ0v) is 6.29. The van der Waals surface area contributed by atoms with E-state index in [1.54, 1.807) is 0 Å². The molecule has 1 aliphatic carbocycles. The Morgan fingerprint density at radius 3 is 2.55 bits per heavy atom. The van der Waals surface area contributed by atoms with Crippen LogP contribution in [0.1, 0.15) is 19.3 Å². The Kier molecular flexibility index (Phi) is 2.00. The first-order valence-corrected chi connectivity index (χ1v) is 3.66. The molecule has 1 rings (SSSR count). The number of aliphatic hydroxyl groups excluding tert-OH is 1. The third-order valence-corrected chi connectivity index (χ3v) is 2.34. The highest BCUT2D eigenvalue weighted by Crippen LogP contribution is 2.39. The van der Waals surface area contributed by atoms with Gasteiger partial charge in [-0.1, -0.05) is 6.08 Å². The fourth-order valence-electron chi connectivity index (χ4n) is 1.52. The Labute approximate surface area is 65.3 Å². The molecule has 2 unspecified atom stereocenters. The van der Waals surface area contributed by atoms with Crippen LogP contribution in [0.2, 0.25) is 0 Å². The van der Waals surface area contributed by atoms with E-state index in [1.165, 1.54) is 6.08 Å². The standard InChI is InChI=1S/C8H12O3/c1-2-8(7(10)11)4-3-6(9)5-8/h2,6,9H,1,3-5H2,(H,10,11). The molecule has 0 heterocycles. The van der Waals surface area contributed by atoms with Gasteiger partial charge >= 0.3 is 5.97 Å². The van der Waals surface area contributed by atoms with Crippen molar-refractivity contribution in [2.24, 2.45) is 5.41 Å². The monoisotopic (exact) mass is 156 g/mol. The number of hydrogen-bond donors (Lipinski definition) is 2. The van der Waals surface area contributed by atoms with E-state index in [-0.39, 0.29) is 0 Å². The Balaban J connectivity index is 2.78. The van der Waals surface area contributed by atoms with E-state index in [4.69, 9.17) is 10.2 Å². The number of carbonyl (C=O) groups is 1. The van der Waals surface area contributed by atoms with Crippen LogP contribution in [0.5, 0.6) is 0 Å². The summed E-state index contributed by atoms with van der Waals surface area (Å²) in [6.45, 7) is 3.48. The van der Waals surface area contributed by atoms with Crippen LogP contribution in [0.4, 0.5) is 0 Å². The van der Waals surface area contributed by atoms with Crippen molar-refractivity contribution in [3.63, 3.8) is 0 Å². The summed E-state index contributed by atoms with van der Waals surface area (Å²) < 4.78 is 0. The molecule has 0 saturated heterocycles. The van der Waals surface area contributed by atoms with Gasteiger partial charge in [0.1, 0.15) is 0 Å². The maximum atomic E-state index is 10.7. The molecule has 1 aliphatic rings. The van der Waals surface area contributed by atoms with Crippen molar-refractivity contribution in [1.82, 2.24) is 0 Å². The number of carboxylic acid groups (broad SMARTS) is 1. The van der Waals surface area contributed by atoms with Gasteiger partial charge in [-0.3, -0.25) is 4.79 Å². The third kappa shape index (κ3) is 1.28. The van der Waals surface area contributed by atoms with Gasteiger partial charge in [0, 0.05) is 0 Å². The molecule has 0 bridgehead atoms. The van der Waals surface area contributed by atoms with Crippen LogP contribution in [0.15, 0.2) is 12.7 Å². The summed E-state index contributed by atoms with van der Waals surface area (Å²) >= 11 is 0. The van der Waals surface area contributed by atoms with Crippen LogP contribution in [-0.4, -0.2) is 22.3 Å². The van der Waals surface area contributed by atoms with E-state index < -0.39 is 17.5 Å². The van der Waals surface area contributed by atoms with Gasteiger partial charge in [0.2, 0.25) is 0 Å². The van der Waals surface area contributed by atoms with Crippen LogP contribution in [-0.2, 0) is 4.79 Å². The third-order valence-electron chi connectivity index (χ3n) is 2.34. The van der Waals surface area contributed by atoms with Crippen molar-refractivity contribution in [2.45, 2.75) is 25.4 Å². The van der Waals surface area contributed by atoms with Gasteiger partial charge in [-0.25, -0.2) is 0 Å². The highest BCUT2D eigenvalue weighted by atomic mass is 16.4. The lowest BCUT2D eigenvalue weighted by molar-refractivity contribution is -0.146. The largest absolute Gasteiger partial charge is 0.481 e. The molecule has 1 saturated carbocycles. The summed E-state index contributed by atoms with van der Waals surface area (Å²) in [5.41, 5.74) is -0.862. The molecule has 3 nitrogen and oxygen atoms in total. The molecular formula is C8H12O3. The molecule has 2 atom stereocenters. The average Bonchev–Trinajstić information content (AvgIpc) is 2.33. The first kappa shape index (κ1) is 8.27. The fourth-order valence-corrected chi connectivity index (χ4v) is 1.52. The Hall–Kier alpha value is -0.830. The lowest BCUT2D eigenvalue weighted by Gasteiger charge is -2.17. The minimum Gasteiger partial charge on any atom is -0.481 e. The number of aliphatic carboxylic acids is 1. The zero-order valence-electron chi connectivity index (χ0n) is 6.29. The molecule has 0 radical (unpaired) electrons. The van der Waals surface area contributed by atoms with E-state index in [0.717, 1.165) is 0 Å². The van der Waals surface area contributed by atoms with Gasteiger partial charge in [-0.15, -0.1) is 6.58 Å². The van der Waals surface area contributed by atoms with Crippen LogP contribution in [0.3, 0.4) is 0 Å². The predicted molar refractivity (Wildman–Crippen MR) is 40.1 cm³/mol. The Bertz CT molecular complexity index is 188. The van der Waals surface area contributed by atoms with E-state index in [1.807, 2.05) is 0 Å². The highest BCUT2D eigenvalue weighted by molar-refractivity contribution is 5.77.